The molecule has 0 aliphatic carbocycles. The summed E-state index contributed by atoms with van der Waals surface area (Å²) in [7, 11) is 0. The summed E-state index contributed by atoms with van der Waals surface area (Å²) in [4.78, 5) is 26.9. The van der Waals surface area contributed by atoms with Crippen molar-refractivity contribution in [1.82, 2.24) is 10.4 Å². The van der Waals surface area contributed by atoms with Crippen LogP contribution in [-0.2, 0) is 9.59 Å². The lowest BCUT2D eigenvalue weighted by Gasteiger charge is -2.07. The molecule has 3 rings (SSSR count). The van der Waals surface area contributed by atoms with Gasteiger partial charge in [0.15, 0.2) is 0 Å². The van der Waals surface area contributed by atoms with Crippen LogP contribution in [-0.4, -0.2) is 29.6 Å². The number of nitrogens with zero attached hydrogens (tertiary/aromatic N) is 1. The molecule has 0 bridgehead atoms. The second-order valence-corrected chi connectivity index (χ2v) is 5.82. The Morgan fingerprint density at radius 2 is 1.89 bits per heavy atom. The predicted octanol–water partition coefficient (Wildman–Crippen LogP) is 3.05. The number of aromatic amines is 1. The fourth-order valence-corrected chi connectivity index (χ4v) is 2.45. The molecule has 0 fully saturated rings. The molecule has 0 aliphatic heterocycles. The number of hydrazone groups is 1. The molecule has 0 unspecified atom stereocenters. The molecule has 138 valence electrons. The molecule has 27 heavy (non-hydrogen) atoms. The van der Waals surface area contributed by atoms with Gasteiger partial charge in [-0.15, -0.1) is 0 Å². The van der Waals surface area contributed by atoms with Crippen molar-refractivity contribution in [3.8, 4) is 5.75 Å². The third-order valence-corrected chi connectivity index (χ3v) is 3.78. The van der Waals surface area contributed by atoms with Crippen LogP contribution in [0.15, 0.2) is 59.8 Å². The van der Waals surface area contributed by atoms with Crippen LogP contribution < -0.4 is 15.5 Å². The van der Waals surface area contributed by atoms with Crippen LogP contribution in [0.5, 0.6) is 5.75 Å². The zero-order valence-corrected chi connectivity index (χ0v) is 14.9. The molecule has 7 heteroatoms. The van der Waals surface area contributed by atoms with Crippen LogP contribution in [0.4, 0.5) is 5.69 Å². The van der Waals surface area contributed by atoms with E-state index in [1.807, 2.05) is 31.2 Å². The van der Waals surface area contributed by atoms with Crippen molar-refractivity contribution in [3.63, 3.8) is 0 Å². The standard InChI is InChI=1S/C20H20N4O3/c1-2-11-27-16-9-7-15(8-10-16)23-19(25)20(26)24-22-13-14-12-21-18-6-4-3-5-17(14)18/h3-10,12-13,21H,2,11H2,1H3,(H,23,25)(H,24,26)/b22-13+. The number of fused-ring (bicyclic) bond motifs is 1. The summed E-state index contributed by atoms with van der Waals surface area (Å²) in [6.07, 6.45) is 4.18. The van der Waals surface area contributed by atoms with Gasteiger partial charge in [-0.05, 0) is 36.8 Å². The van der Waals surface area contributed by atoms with Crippen molar-refractivity contribution in [2.75, 3.05) is 11.9 Å². The number of rotatable bonds is 6. The second-order valence-electron chi connectivity index (χ2n) is 5.82. The number of carbonyl (C=O) groups excluding carboxylic acids is 2. The molecule has 2 aromatic carbocycles. The van der Waals surface area contributed by atoms with E-state index in [1.54, 1.807) is 30.5 Å². The molecule has 0 saturated heterocycles. The van der Waals surface area contributed by atoms with Crippen molar-refractivity contribution in [1.29, 1.82) is 0 Å². The van der Waals surface area contributed by atoms with Gasteiger partial charge >= 0.3 is 11.8 Å². The number of para-hydroxylation sites is 1. The highest BCUT2D eigenvalue weighted by Gasteiger charge is 2.13. The van der Waals surface area contributed by atoms with Crippen molar-refractivity contribution >= 4 is 34.6 Å². The van der Waals surface area contributed by atoms with E-state index in [-0.39, 0.29) is 0 Å². The average Bonchev–Trinajstić information content (AvgIpc) is 3.10. The van der Waals surface area contributed by atoms with Gasteiger partial charge in [-0.1, -0.05) is 25.1 Å². The minimum atomic E-state index is -0.850. The second kappa shape index (κ2) is 8.66. The van der Waals surface area contributed by atoms with Crippen LogP contribution in [0, 0.1) is 0 Å². The summed E-state index contributed by atoms with van der Waals surface area (Å²) >= 11 is 0. The summed E-state index contributed by atoms with van der Waals surface area (Å²) in [6.45, 7) is 2.65. The molecular formula is C20H20N4O3. The molecule has 0 spiro atoms. The van der Waals surface area contributed by atoms with E-state index in [2.05, 4.69) is 20.8 Å². The Balaban J connectivity index is 1.54. The first-order valence-electron chi connectivity index (χ1n) is 8.60. The summed E-state index contributed by atoms with van der Waals surface area (Å²) < 4.78 is 5.47. The van der Waals surface area contributed by atoms with E-state index in [0.717, 1.165) is 22.9 Å². The molecule has 0 aliphatic rings. The number of amides is 2. The molecule has 7 nitrogen and oxygen atoms in total. The SMILES string of the molecule is CCCOc1ccc(NC(=O)C(=O)N/N=C/c2c[nH]c3ccccc23)cc1. The van der Waals surface area contributed by atoms with Crippen molar-refractivity contribution in [2.45, 2.75) is 13.3 Å². The maximum atomic E-state index is 11.9. The highest BCUT2D eigenvalue weighted by Crippen LogP contribution is 2.16. The lowest BCUT2D eigenvalue weighted by atomic mass is 10.2. The zero-order valence-electron chi connectivity index (χ0n) is 14.9. The van der Waals surface area contributed by atoms with Gasteiger partial charge in [0.2, 0.25) is 0 Å². The van der Waals surface area contributed by atoms with Crippen molar-refractivity contribution in [2.24, 2.45) is 5.10 Å². The van der Waals surface area contributed by atoms with Crippen molar-refractivity contribution < 1.29 is 14.3 Å². The number of hydrogen-bond donors (Lipinski definition) is 3. The van der Waals surface area contributed by atoms with Crippen LogP contribution in [0.3, 0.4) is 0 Å². The summed E-state index contributed by atoms with van der Waals surface area (Å²) in [6, 6.07) is 14.5. The molecule has 3 N–H and O–H groups in total. The molecule has 1 heterocycles. The summed E-state index contributed by atoms with van der Waals surface area (Å²) in [5.74, 6) is -0.937. The number of hydrogen-bond acceptors (Lipinski definition) is 4. The molecule has 0 radical (unpaired) electrons. The van der Waals surface area contributed by atoms with Crippen LogP contribution in [0.1, 0.15) is 18.9 Å². The first kappa shape index (κ1) is 18.2. The molecule has 0 atom stereocenters. The fraction of sp³-hybridized carbons (Fsp3) is 0.150. The normalized spacial score (nSPS) is 10.9. The van der Waals surface area contributed by atoms with Gasteiger partial charge in [-0.2, -0.15) is 5.10 Å². The molecule has 1 aromatic heterocycles. The minimum Gasteiger partial charge on any atom is -0.494 e. The number of nitrogens with one attached hydrogen (secondary N) is 3. The van der Waals surface area contributed by atoms with Crippen LogP contribution in [0.25, 0.3) is 10.9 Å². The molecule has 0 saturated carbocycles. The minimum absolute atomic E-state index is 0.500. The third-order valence-electron chi connectivity index (χ3n) is 3.78. The first-order chi connectivity index (χ1) is 13.2. The topological polar surface area (TPSA) is 95.6 Å². The van der Waals surface area contributed by atoms with Gasteiger partial charge < -0.3 is 15.0 Å². The quantitative estimate of drug-likeness (QED) is 0.356. The van der Waals surface area contributed by atoms with E-state index < -0.39 is 11.8 Å². The van der Waals surface area contributed by atoms with E-state index in [9.17, 15) is 9.59 Å². The Bertz CT molecular complexity index is 961. The Kier molecular flexibility index (Phi) is 5.84. The van der Waals surface area contributed by atoms with E-state index >= 15 is 0 Å². The van der Waals surface area contributed by atoms with Gasteiger partial charge in [0.05, 0.1) is 12.8 Å². The predicted molar refractivity (Wildman–Crippen MR) is 105 cm³/mol. The number of ether oxygens (including phenoxy) is 1. The average molecular weight is 364 g/mol. The smallest absolute Gasteiger partial charge is 0.329 e. The van der Waals surface area contributed by atoms with Crippen LogP contribution >= 0.6 is 0 Å². The number of anilines is 1. The number of benzene rings is 2. The largest absolute Gasteiger partial charge is 0.494 e. The highest BCUT2D eigenvalue weighted by atomic mass is 16.5. The number of aromatic nitrogens is 1. The fourth-order valence-electron chi connectivity index (χ4n) is 2.45. The highest BCUT2D eigenvalue weighted by molar-refractivity contribution is 6.39. The Morgan fingerprint density at radius 1 is 1.11 bits per heavy atom. The van der Waals surface area contributed by atoms with Gasteiger partial charge in [0, 0.05) is 28.4 Å². The van der Waals surface area contributed by atoms with Crippen LogP contribution in [0.2, 0.25) is 0 Å². The maximum Gasteiger partial charge on any atom is 0.329 e. The Labute approximate surface area is 156 Å². The Hall–Kier alpha value is -3.61. The lowest BCUT2D eigenvalue weighted by Crippen LogP contribution is -2.32. The van der Waals surface area contributed by atoms with E-state index in [4.69, 9.17) is 4.74 Å². The lowest BCUT2D eigenvalue weighted by molar-refractivity contribution is -0.136. The Morgan fingerprint density at radius 3 is 2.67 bits per heavy atom. The van der Waals surface area contributed by atoms with E-state index in [1.165, 1.54) is 6.21 Å². The number of H-pyrrole nitrogens is 1. The monoisotopic (exact) mass is 364 g/mol. The third kappa shape index (κ3) is 4.72. The summed E-state index contributed by atoms with van der Waals surface area (Å²) in [5.41, 5.74) is 4.51. The first-order valence-corrected chi connectivity index (χ1v) is 8.60. The number of carbonyl (C=O) groups is 2. The molecule has 3 aromatic rings. The van der Waals surface area contributed by atoms with Gasteiger partial charge in [0.25, 0.3) is 0 Å². The molecule has 2 amide bonds. The van der Waals surface area contributed by atoms with Crippen molar-refractivity contribution in [3.05, 3.63) is 60.3 Å². The van der Waals surface area contributed by atoms with Gasteiger partial charge in [-0.3, -0.25) is 9.59 Å². The van der Waals surface area contributed by atoms with Gasteiger partial charge in [-0.25, -0.2) is 5.43 Å². The molecular weight excluding hydrogens is 344 g/mol. The van der Waals surface area contributed by atoms with E-state index in [0.29, 0.717) is 18.0 Å². The summed E-state index contributed by atoms with van der Waals surface area (Å²) in [5, 5.41) is 7.34. The maximum absolute atomic E-state index is 11.9. The van der Waals surface area contributed by atoms with Gasteiger partial charge in [0.1, 0.15) is 5.75 Å². The zero-order chi connectivity index (χ0) is 19.1.